The second-order valence-electron chi connectivity index (χ2n) is 3.99. The molecular formula is C14H10FNO3. The van der Waals surface area contributed by atoms with Crippen LogP contribution in [0, 0.1) is 15.9 Å². The molecule has 2 rings (SSSR count). The minimum Gasteiger partial charge on any atom is -0.294 e. The van der Waals surface area contributed by atoms with Crippen molar-refractivity contribution in [2.75, 3.05) is 0 Å². The summed E-state index contributed by atoms with van der Waals surface area (Å²) in [7, 11) is 0. The summed E-state index contributed by atoms with van der Waals surface area (Å²) in [6.45, 7) is 0. The van der Waals surface area contributed by atoms with E-state index < -0.39 is 10.7 Å². The Morgan fingerprint density at radius 2 is 1.74 bits per heavy atom. The number of nitro groups is 1. The first-order valence-electron chi connectivity index (χ1n) is 5.59. The number of carbonyl (C=O) groups is 1. The second kappa shape index (κ2) is 5.39. The topological polar surface area (TPSA) is 60.2 Å². The van der Waals surface area contributed by atoms with Crippen molar-refractivity contribution < 1.29 is 14.1 Å². The molecule has 0 fully saturated rings. The lowest BCUT2D eigenvalue weighted by atomic mass is 10.0. The van der Waals surface area contributed by atoms with Crippen LogP contribution < -0.4 is 0 Å². The van der Waals surface area contributed by atoms with Crippen LogP contribution in [0.5, 0.6) is 0 Å². The number of ketones is 1. The molecule has 0 aliphatic heterocycles. The normalized spacial score (nSPS) is 10.2. The third kappa shape index (κ3) is 3.01. The van der Waals surface area contributed by atoms with Crippen LogP contribution in [0.3, 0.4) is 0 Å². The third-order valence-corrected chi connectivity index (χ3v) is 2.71. The number of carbonyl (C=O) groups excluding carboxylic acids is 1. The molecule has 96 valence electrons. The summed E-state index contributed by atoms with van der Waals surface area (Å²) in [4.78, 5) is 22.3. The molecule has 0 heterocycles. The van der Waals surface area contributed by atoms with E-state index in [9.17, 15) is 19.3 Å². The zero-order chi connectivity index (χ0) is 13.8. The maximum absolute atomic E-state index is 12.7. The van der Waals surface area contributed by atoms with Gasteiger partial charge in [0.1, 0.15) is 5.82 Å². The molecule has 0 amide bonds. The minimum atomic E-state index is -0.521. The molecule has 0 atom stereocenters. The quantitative estimate of drug-likeness (QED) is 0.481. The molecule has 0 aliphatic carbocycles. The predicted molar refractivity (Wildman–Crippen MR) is 67.5 cm³/mol. The van der Waals surface area contributed by atoms with Crippen LogP contribution in [0.15, 0.2) is 48.5 Å². The molecule has 0 saturated heterocycles. The smallest absolute Gasteiger partial charge is 0.273 e. The molecule has 19 heavy (non-hydrogen) atoms. The van der Waals surface area contributed by atoms with Gasteiger partial charge in [-0.1, -0.05) is 18.2 Å². The average molecular weight is 259 g/mol. The monoisotopic (exact) mass is 259 g/mol. The molecule has 0 N–H and O–H groups in total. The van der Waals surface area contributed by atoms with Gasteiger partial charge in [0.25, 0.3) is 5.69 Å². The Morgan fingerprint density at radius 1 is 1.11 bits per heavy atom. The Morgan fingerprint density at radius 3 is 2.37 bits per heavy atom. The molecule has 0 radical (unpaired) electrons. The average Bonchev–Trinajstić information content (AvgIpc) is 2.39. The number of para-hydroxylation sites is 1. The lowest BCUT2D eigenvalue weighted by Crippen LogP contribution is -2.05. The zero-order valence-electron chi connectivity index (χ0n) is 9.88. The SMILES string of the molecule is O=C(Cc1ccccc1[N+](=O)[O-])c1ccc(F)cc1. The first kappa shape index (κ1) is 12.9. The summed E-state index contributed by atoms with van der Waals surface area (Å²) in [5.41, 5.74) is 0.597. The Labute approximate surface area is 108 Å². The molecule has 2 aromatic rings. The Hall–Kier alpha value is -2.56. The van der Waals surface area contributed by atoms with Crippen molar-refractivity contribution >= 4 is 11.5 Å². The third-order valence-electron chi connectivity index (χ3n) is 2.71. The van der Waals surface area contributed by atoms with Gasteiger partial charge in [-0.3, -0.25) is 14.9 Å². The van der Waals surface area contributed by atoms with Crippen LogP contribution in [-0.2, 0) is 6.42 Å². The molecule has 0 spiro atoms. The maximum Gasteiger partial charge on any atom is 0.273 e. The maximum atomic E-state index is 12.7. The summed E-state index contributed by atoms with van der Waals surface area (Å²) in [6.07, 6.45) is -0.0806. The largest absolute Gasteiger partial charge is 0.294 e. The highest BCUT2D eigenvalue weighted by molar-refractivity contribution is 5.97. The van der Waals surface area contributed by atoms with Crippen LogP contribution in [-0.4, -0.2) is 10.7 Å². The van der Waals surface area contributed by atoms with Crippen LogP contribution >= 0.6 is 0 Å². The number of Topliss-reactive ketones (excluding diaryl/α,β-unsaturated/α-hetero) is 1. The van der Waals surface area contributed by atoms with Gasteiger partial charge in [0.05, 0.1) is 4.92 Å². The van der Waals surface area contributed by atoms with Crippen LogP contribution in [0.1, 0.15) is 15.9 Å². The lowest BCUT2D eigenvalue weighted by molar-refractivity contribution is -0.385. The Kier molecular flexibility index (Phi) is 3.66. The van der Waals surface area contributed by atoms with Gasteiger partial charge >= 0.3 is 0 Å². The van der Waals surface area contributed by atoms with Crippen molar-refractivity contribution in [1.82, 2.24) is 0 Å². The van der Waals surface area contributed by atoms with Crippen molar-refractivity contribution in [1.29, 1.82) is 0 Å². The Bertz CT molecular complexity index is 623. The van der Waals surface area contributed by atoms with Crippen LogP contribution in [0.4, 0.5) is 10.1 Å². The van der Waals surface area contributed by atoms with Gasteiger partial charge < -0.3 is 0 Å². The van der Waals surface area contributed by atoms with E-state index in [0.717, 1.165) is 0 Å². The highest BCUT2D eigenvalue weighted by Crippen LogP contribution is 2.19. The molecule has 5 heteroatoms. The molecule has 4 nitrogen and oxygen atoms in total. The fraction of sp³-hybridized carbons (Fsp3) is 0.0714. The molecule has 2 aromatic carbocycles. The number of nitro benzene ring substituents is 1. The highest BCUT2D eigenvalue weighted by atomic mass is 19.1. The fourth-order valence-electron chi connectivity index (χ4n) is 1.75. The number of benzene rings is 2. The first-order valence-corrected chi connectivity index (χ1v) is 5.59. The molecular weight excluding hydrogens is 249 g/mol. The molecule has 0 bridgehead atoms. The van der Waals surface area contributed by atoms with E-state index >= 15 is 0 Å². The van der Waals surface area contributed by atoms with Gasteiger partial charge in [0, 0.05) is 23.6 Å². The van der Waals surface area contributed by atoms with Gasteiger partial charge in [-0.2, -0.15) is 0 Å². The van der Waals surface area contributed by atoms with Gasteiger partial charge in [-0.15, -0.1) is 0 Å². The summed E-state index contributed by atoms with van der Waals surface area (Å²) < 4.78 is 12.7. The molecule has 0 unspecified atom stereocenters. The van der Waals surface area contributed by atoms with Crippen LogP contribution in [0.25, 0.3) is 0 Å². The predicted octanol–water partition coefficient (Wildman–Crippen LogP) is 3.16. The number of hydrogen-bond donors (Lipinski definition) is 0. The van der Waals surface area contributed by atoms with E-state index in [1.807, 2.05) is 0 Å². The van der Waals surface area contributed by atoms with Crippen molar-refractivity contribution in [3.05, 3.63) is 75.6 Å². The zero-order valence-corrected chi connectivity index (χ0v) is 9.88. The number of nitrogens with zero attached hydrogens (tertiary/aromatic N) is 1. The van der Waals surface area contributed by atoms with Crippen molar-refractivity contribution in [2.45, 2.75) is 6.42 Å². The van der Waals surface area contributed by atoms with E-state index in [4.69, 9.17) is 0 Å². The number of hydrogen-bond acceptors (Lipinski definition) is 3. The van der Waals surface area contributed by atoms with Crippen molar-refractivity contribution in [2.24, 2.45) is 0 Å². The summed E-state index contributed by atoms with van der Waals surface area (Å²) in [5.74, 6) is -0.712. The van der Waals surface area contributed by atoms with Gasteiger partial charge in [0.2, 0.25) is 0 Å². The fourth-order valence-corrected chi connectivity index (χ4v) is 1.75. The van der Waals surface area contributed by atoms with Gasteiger partial charge in [-0.05, 0) is 24.3 Å². The summed E-state index contributed by atoms with van der Waals surface area (Å²) in [6, 6.07) is 11.2. The van der Waals surface area contributed by atoms with Crippen molar-refractivity contribution in [3.8, 4) is 0 Å². The first-order chi connectivity index (χ1) is 9.08. The second-order valence-corrected chi connectivity index (χ2v) is 3.99. The van der Waals surface area contributed by atoms with Crippen LogP contribution in [0.2, 0.25) is 0 Å². The van der Waals surface area contributed by atoms with Gasteiger partial charge in [0.15, 0.2) is 5.78 Å². The molecule has 0 saturated carbocycles. The summed E-state index contributed by atoms with van der Waals surface area (Å²) >= 11 is 0. The summed E-state index contributed by atoms with van der Waals surface area (Å²) in [5, 5.41) is 10.8. The van der Waals surface area contributed by atoms with Gasteiger partial charge in [-0.25, -0.2) is 4.39 Å². The van der Waals surface area contributed by atoms with E-state index in [0.29, 0.717) is 11.1 Å². The highest BCUT2D eigenvalue weighted by Gasteiger charge is 2.16. The van der Waals surface area contributed by atoms with E-state index in [1.165, 1.54) is 30.3 Å². The Balaban J connectivity index is 2.24. The lowest BCUT2D eigenvalue weighted by Gasteiger charge is -2.02. The standard InChI is InChI=1S/C14H10FNO3/c15-12-7-5-10(6-8-12)14(17)9-11-3-1-2-4-13(11)16(18)19/h1-8H,9H2. The van der Waals surface area contributed by atoms with E-state index in [2.05, 4.69) is 0 Å². The number of halogens is 1. The molecule has 0 aromatic heterocycles. The molecule has 0 aliphatic rings. The van der Waals surface area contributed by atoms with Crippen molar-refractivity contribution in [3.63, 3.8) is 0 Å². The van der Waals surface area contributed by atoms with E-state index in [-0.39, 0.29) is 17.9 Å². The number of rotatable bonds is 4. The minimum absolute atomic E-state index is 0.0806. The van der Waals surface area contributed by atoms with E-state index in [1.54, 1.807) is 18.2 Å².